The molecule has 0 spiro atoms. The molecule has 0 aliphatic carbocycles. The number of alkyl carbamates (subject to hydrolysis) is 1. The lowest BCUT2D eigenvalue weighted by Gasteiger charge is -2.23. The zero-order chi connectivity index (χ0) is 25.1. The summed E-state index contributed by atoms with van der Waals surface area (Å²) in [6, 6.07) is 16.0. The molecule has 0 saturated carbocycles. The number of hydrogen-bond donors (Lipinski definition) is 2. The van der Waals surface area contributed by atoms with Crippen LogP contribution in [0.25, 0.3) is 11.1 Å². The van der Waals surface area contributed by atoms with E-state index >= 15 is 0 Å². The van der Waals surface area contributed by atoms with Gasteiger partial charge < -0.3 is 15.4 Å². The summed E-state index contributed by atoms with van der Waals surface area (Å²) in [6.07, 6.45) is 2.87. The molecule has 1 atom stereocenters. The molecule has 6 nitrogen and oxygen atoms in total. The quantitative estimate of drug-likeness (QED) is 0.469. The van der Waals surface area contributed by atoms with Crippen LogP contribution in [-0.2, 0) is 16.0 Å². The van der Waals surface area contributed by atoms with Crippen molar-refractivity contribution in [3.05, 3.63) is 84.4 Å². The van der Waals surface area contributed by atoms with Gasteiger partial charge in [-0.15, -0.1) is 0 Å². The van der Waals surface area contributed by atoms with Crippen LogP contribution in [0, 0.1) is 5.82 Å². The summed E-state index contributed by atoms with van der Waals surface area (Å²) in [5, 5.41) is 5.48. The van der Waals surface area contributed by atoms with E-state index in [1.165, 1.54) is 12.1 Å². The lowest BCUT2D eigenvalue weighted by atomic mass is 10.0. The fraction of sp³-hybridized carbons (Fsp3) is 0.296. The zero-order valence-corrected chi connectivity index (χ0v) is 20.3. The minimum Gasteiger partial charge on any atom is -0.444 e. The van der Waals surface area contributed by atoms with Gasteiger partial charge in [-0.1, -0.05) is 38.1 Å². The van der Waals surface area contributed by atoms with Crippen molar-refractivity contribution in [1.29, 1.82) is 0 Å². The first-order valence-corrected chi connectivity index (χ1v) is 11.2. The maximum atomic E-state index is 13.3. The molecule has 2 aromatic carbocycles. The van der Waals surface area contributed by atoms with Crippen molar-refractivity contribution in [2.75, 3.05) is 5.32 Å². The van der Waals surface area contributed by atoms with Crippen LogP contribution >= 0.6 is 0 Å². The first-order valence-electron chi connectivity index (χ1n) is 11.2. The molecular formula is C27H32FN3O3. The van der Waals surface area contributed by atoms with E-state index in [0.29, 0.717) is 11.3 Å². The van der Waals surface area contributed by atoms with E-state index in [0.717, 1.165) is 11.1 Å². The fourth-order valence-corrected chi connectivity index (χ4v) is 3.07. The average Bonchev–Trinajstić information content (AvgIpc) is 2.81. The number of hydrogen-bond acceptors (Lipinski definition) is 4. The van der Waals surface area contributed by atoms with Gasteiger partial charge in [-0.25, -0.2) is 9.18 Å². The maximum Gasteiger partial charge on any atom is 0.408 e. The van der Waals surface area contributed by atoms with Crippen molar-refractivity contribution in [3.63, 3.8) is 0 Å². The molecule has 2 N–H and O–H groups in total. The molecule has 3 aromatic rings. The molecule has 0 radical (unpaired) electrons. The number of benzene rings is 2. The molecule has 0 bridgehead atoms. The third-order valence-corrected chi connectivity index (χ3v) is 4.50. The summed E-state index contributed by atoms with van der Waals surface area (Å²) in [5.74, 6) is -0.783. The van der Waals surface area contributed by atoms with Crippen LogP contribution in [0.1, 0.15) is 40.2 Å². The normalized spacial score (nSPS) is 11.5. The zero-order valence-electron chi connectivity index (χ0n) is 20.3. The van der Waals surface area contributed by atoms with Gasteiger partial charge in [0.15, 0.2) is 0 Å². The summed E-state index contributed by atoms with van der Waals surface area (Å²) in [7, 11) is 0. The number of nitrogens with zero attached hydrogens (tertiary/aromatic N) is 1. The molecule has 1 aromatic heterocycles. The number of ether oxygens (including phenoxy) is 1. The predicted octanol–water partition coefficient (Wildman–Crippen LogP) is 5.99. The largest absolute Gasteiger partial charge is 0.444 e. The number of carbonyl (C=O) groups excluding carboxylic acids is 2. The molecule has 0 fully saturated rings. The lowest BCUT2D eigenvalue weighted by Crippen LogP contribution is -2.47. The molecule has 3 rings (SSSR count). The van der Waals surface area contributed by atoms with Crippen molar-refractivity contribution in [2.45, 2.75) is 52.7 Å². The Labute approximate surface area is 200 Å². The van der Waals surface area contributed by atoms with E-state index in [4.69, 9.17) is 4.74 Å². The van der Waals surface area contributed by atoms with Gasteiger partial charge in [-0.2, -0.15) is 0 Å². The Morgan fingerprint density at radius 1 is 0.971 bits per heavy atom. The van der Waals surface area contributed by atoms with Gasteiger partial charge in [0.2, 0.25) is 5.91 Å². The molecule has 0 aliphatic rings. The molecule has 1 heterocycles. The highest BCUT2D eigenvalue weighted by molar-refractivity contribution is 5.97. The van der Waals surface area contributed by atoms with Gasteiger partial charge in [0, 0.05) is 24.5 Å². The maximum absolute atomic E-state index is 13.3. The Balaban J connectivity index is 0.00000199. The van der Waals surface area contributed by atoms with Gasteiger partial charge >= 0.3 is 6.09 Å². The second-order valence-corrected chi connectivity index (χ2v) is 8.34. The minimum absolute atomic E-state index is 0.176. The van der Waals surface area contributed by atoms with Crippen LogP contribution in [0.3, 0.4) is 0 Å². The number of halogens is 1. The monoisotopic (exact) mass is 465 g/mol. The molecular weight excluding hydrogens is 433 g/mol. The number of carbonyl (C=O) groups is 2. The lowest BCUT2D eigenvalue weighted by molar-refractivity contribution is -0.118. The van der Waals surface area contributed by atoms with Crippen molar-refractivity contribution in [2.24, 2.45) is 0 Å². The molecule has 180 valence electrons. The van der Waals surface area contributed by atoms with Crippen LogP contribution in [0.2, 0.25) is 0 Å². The summed E-state index contributed by atoms with van der Waals surface area (Å²) in [6.45, 7) is 9.23. The van der Waals surface area contributed by atoms with E-state index in [1.54, 1.807) is 51.4 Å². The Bertz CT molecular complexity index is 1060. The van der Waals surface area contributed by atoms with Crippen molar-refractivity contribution >= 4 is 17.7 Å². The molecule has 0 aliphatic heterocycles. The number of rotatable bonds is 6. The van der Waals surface area contributed by atoms with Crippen molar-refractivity contribution in [3.8, 4) is 11.1 Å². The molecule has 0 saturated heterocycles. The van der Waals surface area contributed by atoms with Crippen LogP contribution < -0.4 is 10.6 Å². The minimum atomic E-state index is -0.917. The summed E-state index contributed by atoms with van der Waals surface area (Å²) in [4.78, 5) is 29.4. The highest BCUT2D eigenvalue weighted by Gasteiger charge is 2.25. The van der Waals surface area contributed by atoms with Gasteiger partial charge in [-0.3, -0.25) is 9.78 Å². The number of aromatic nitrogens is 1. The number of nitrogens with one attached hydrogen (secondary N) is 2. The molecule has 0 unspecified atom stereocenters. The van der Waals surface area contributed by atoms with Crippen LogP contribution in [0.4, 0.5) is 14.9 Å². The predicted molar refractivity (Wildman–Crippen MR) is 133 cm³/mol. The van der Waals surface area contributed by atoms with Crippen LogP contribution in [0.5, 0.6) is 0 Å². The standard InChI is InChI=1S/C25H26FN3O3.C2H6/c1-25(2,3)32-24(31)29-22(15-17-7-9-20(26)10-8-17)23(30)28-21-6-4-5-19(16-21)18-11-13-27-14-12-18;1-2/h4-14,16,22H,15H2,1-3H3,(H,28,30)(H,29,31);1-2H3/t22-;/m0./s1. The average molecular weight is 466 g/mol. The molecule has 2 amide bonds. The van der Waals surface area contributed by atoms with Crippen LogP contribution in [-0.4, -0.2) is 28.6 Å². The molecule has 7 heteroatoms. The second kappa shape index (κ2) is 12.5. The van der Waals surface area contributed by atoms with E-state index in [2.05, 4.69) is 15.6 Å². The van der Waals surface area contributed by atoms with Crippen molar-refractivity contribution in [1.82, 2.24) is 10.3 Å². The highest BCUT2D eigenvalue weighted by atomic mass is 19.1. The topological polar surface area (TPSA) is 80.3 Å². The summed E-state index contributed by atoms with van der Waals surface area (Å²) < 4.78 is 18.6. The third-order valence-electron chi connectivity index (χ3n) is 4.50. The Morgan fingerprint density at radius 2 is 1.62 bits per heavy atom. The second-order valence-electron chi connectivity index (χ2n) is 8.34. The number of anilines is 1. The smallest absolute Gasteiger partial charge is 0.408 e. The molecule has 34 heavy (non-hydrogen) atoms. The highest BCUT2D eigenvalue weighted by Crippen LogP contribution is 2.22. The van der Waals surface area contributed by atoms with E-state index in [9.17, 15) is 14.0 Å². The number of amides is 2. The van der Waals surface area contributed by atoms with Crippen molar-refractivity contribution < 1.29 is 18.7 Å². The fourth-order valence-electron chi connectivity index (χ4n) is 3.07. The summed E-state index contributed by atoms with van der Waals surface area (Å²) >= 11 is 0. The Hall–Kier alpha value is -3.74. The first-order chi connectivity index (χ1) is 16.2. The van der Waals surface area contributed by atoms with Gasteiger partial charge in [0.25, 0.3) is 0 Å². The SMILES string of the molecule is CC.CC(C)(C)OC(=O)N[C@@H](Cc1ccc(F)cc1)C(=O)Nc1cccc(-c2ccncc2)c1. The Morgan fingerprint density at radius 3 is 2.24 bits per heavy atom. The summed E-state index contributed by atoms with van der Waals surface area (Å²) in [5.41, 5.74) is 2.46. The van der Waals surface area contributed by atoms with Gasteiger partial charge in [-0.05, 0) is 73.9 Å². The number of pyridine rings is 1. The Kier molecular flexibility index (Phi) is 9.74. The first kappa shape index (κ1) is 26.5. The van der Waals surface area contributed by atoms with E-state index < -0.39 is 23.6 Å². The van der Waals surface area contributed by atoms with Gasteiger partial charge in [0.1, 0.15) is 17.5 Å². The van der Waals surface area contributed by atoms with E-state index in [1.807, 2.05) is 44.2 Å². The third kappa shape index (κ3) is 8.65. The van der Waals surface area contributed by atoms with E-state index in [-0.39, 0.29) is 12.2 Å². The van der Waals surface area contributed by atoms with Gasteiger partial charge in [0.05, 0.1) is 0 Å². The van der Waals surface area contributed by atoms with Crippen LogP contribution in [0.15, 0.2) is 73.1 Å².